The summed E-state index contributed by atoms with van der Waals surface area (Å²) >= 11 is 11.3. The van der Waals surface area contributed by atoms with Crippen LogP contribution in [-0.4, -0.2) is 15.0 Å². The smallest absolute Gasteiger partial charge is 0.251 e. The Morgan fingerprint density at radius 1 is 1.21 bits per heavy atom. The normalized spacial score (nSPS) is 11.6. The van der Waals surface area contributed by atoms with Gasteiger partial charge in [0, 0.05) is 18.0 Å². The van der Waals surface area contributed by atoms with E-state index in [0.29, 0.717) is 0 Å². The molecule has 0 radical (unpaired) electrons. The molecule has 0 unspecified atom stereocenters. The van der Waals surface area contributed by atoms with Crippen molar-refractivity contribution in [1.82, 2.24) is 15.0 Å². The van der Waals surface area contributed by atoms with Crippen molar-refractivity contribution in [2.45, 2.75) is 12.1 Å². The number of hydrogen-bond donors (Lipinski definition) is 0. The average molecular weight is 308 g/mol. The van der Waals surface area contributed by atoms with Crippen LogP contribution in [0.2, 0.25) is 5.02 Å². The van der Waals surface area contributed by atoms with Crippen molar-refractivity contribution >= 4 is 23.2 Å². The standard InChI is InChI=1S/C11H6Cl2F3N3/c12-4-6-5-18-10(19-9(6)11(14,15)16)8-7(13)2-1-3-17-8/h1-3,5H,4H2. The van der Waals surface area contributed by atoms with Crippen LogP contribution in [-0.2, 0) is 12.1 Å². The Morgan fingerprint density at radius 3 is 2.53 bits per heavy atom. The van der Waals surface area contributed by atoms with E-state index < -0.39 is 11.9 Å². The van der Waals surface area contributed by atoms with Crippen LogP contribution in [0.5, 0.6) is 0 Å². The molecule has 2 aromatic heterocycles. The van der Waals surface area contributed by atoms with Crippen molar-refractivity contribution in [1.29, 1.82) is 0 Å². The quantitative estimate of drug-likeness (QED) is 0.789. The topological polar surface area (TPSA) is 38.7 Å². The highest BCUT2D eigenvalue weighted by Crippen LogP contribution is 2.32. The van der Waals surface area contributed by atoms with Crippen LogP contribution in [0.25, 0.3) is 11.5 Å². The van der Waals surface area contributed by atoms with E-state index in [2.05, 4.69) is 15.0 Å². The fourth-order valence-electron chi connectivity index (χ4n) is 1.41. The highest BCUT2D eigenvalue weighted by atomic mass is 35.5. The summed E-state index contributed by atoms with van der Waals surface area (Å²) in [5.41, 5.74) is -1.17. The summed E-state index contributed by atoms with van der Waals surface area (Å²) in [4.78, 5) is 11.2. The number of nitrogens with zero attached hydrogens (tertiary/aromatic N) is 3. The van der Waals surface area contributed by atoms with Crippen molar-refractivity contribution in [3.05, 3.63) is 40.8 Å². The third kappa shape index (κ3) is 2.96. The van der Waals surface area contributed by atoms with E-state index in [0.717, 1.165) is 6.20 Å². The summed E-state index contributed by atoms with van der Waals surface area (Å²) in [6, 6.07) is 3.06. The number of halogens is 5. The molecule has 100 valence electrons. The summed E-state index contributed by atoms with van der Waals surface area (Å²) in [7, 11) is 0. The Hall–Kier alpha value is -1.40. The maximum Gasteiger partial charge on any atom is 0.433 e. The Bertz CT molecular complexity index is 602. The van der Waals surface area contributed by atoms with Gasteiger partial charge in [0.15, 0.2) is 11.5 Å². The molecule has 0 aliphatic rings. The lowest BCUT2D eigenvalue weighted by atomic mass is 10.2. The summed E-state index contributed by atoms with van der Waals surface area (Å²) in [6.45, 7) is 0. The van der Waals surface area contributed by atoms with Crippen molar-refractivity contribution in [3.63, 3.8) is 0 Å². The van der Waals surface area contributed by atoms with E-state index >= 15 is 0 Å². The third-order valence-corrected chi connectivity index (χ3v) is 2.84. The summed E-state index contributed by atoms with van der Waals surface area (Å²) in [5.74, 6) is -0.516. The highest BCUT2D eigenvalue weighted by Gasteiger charge is 2.36. The van der Waals surface area contributed by atoms with Gasteiger partial charge in [-0.2, -0.15) is 13.2 Å². The van der Waals surface area contributed by atoms with Gasteiger partial charge < -0.3 is 0 Å². The van der Waals surface area contributed by atoms with Gasteiger partial charge in [-0.15, -0.1) is 11.6 Å². The Kier molecular flexibility index (Phi) is 3.91. The SMILES string of the molecule is FC(F)(F)c1nc(-c2ncccc2Cl)ncc1CCl. The van der Waals surface area contributed by atoms with Crippen LogP contribution in [0.4, 0.5) is 13.2 Å². The lowest BCUT2D eigenvalue weighted by molar-refractivity contribution is -0.141. The largest absolute Gasteiger partial charge is 0.433 e. The lowest BCUT2D eigenvalue weighted by Crippen LogP contribution is -2.13. The van der Waals surface area contributed by atoms with Gasteiger partial charge in [-0.05, 0) is 12.1 Å². The van der Waals surface area contributed by atoms with Gasteiger partial charge in [-0.3, -0.25) is 4.98 Å². The molecule has 0 fully saturated rings. The van der Waals surface area contributed by atoms with Crippen molar-refractivity contribution in [2.24, 2.45) is 0 Å². The highest BCUT2D eigenvalue weighted by molar-refractivity contribution is 6.32. The molecule has 0 saturated heterocycles. The van der Waals surface area contributed by atoms with Gasteiger partial charge in [0.05, 0.1) is 10.9 Å². The maximum absolute atomic E-state index is 12.8. The summed E-state index contributed by atoms with van der Waals surface area (Å²) < 4.78 is 38.5. The van der Waals surface area contributed by atoms with Crippen LogP contribution in [0.1, 0.15) is 11.3 Å². The predicted octanol–water partition coefficient (Wildman–Crippen LogP) is 3.95. The third-order valence-electron chi connectivity index (χ3n) is 2.25. The van der Waals surface area contributed by atoms with E-state index in [-0.39, 0.29) is 28.0 Å². The monoisotopic (exact) mass is 307 g/mol. The zero-order valence-corrected chi connectivity index (χ0v) is 10.8. The van der Waals surface area contributed by atoms with Gasteiger partial charge in [0.1, 0.15) is 5.69 Å². The molecule has 2 heterocycles. The fourth-order valence-corrected chi connectivity index (χ4v) is 1.82. The van der Waals surface area contributed by atoms with Gasteiger partial charge in [0.25, 0.3) is 0 Å². The van der Waals surface area contributed by atoms with Crippen molar-refractivity contribution in [3.8, 4) is 11.5 Å². The molecule has 0 saturated carbocycles. The Balaban J connectivity index is 2.59. The second-order valence-electron chi connectivity index (χ2n) is 3.53. The minimum atomic E-state index is -4.61. The molecule has 0 N–H and O–H groups in total. The van der Waals surface area contributed by atoms with Gasteiger partial charge >= 0.3 is 6.18 Å². The van der Waals surface area contributed by atoms with Crippen LogP contribution in [0.3, 0.4) is 0 Å². The minimum absolute atomic E-state index is 0.0933. The molecule has 0 spiro atoms. The van der Waals surface area contributed by atoms with Crippen molar-refractivity contribution < 1.29 is 13.2 Å². The Labute approximate surface area is 116 Å². The maximum atomic E-state index is 12.8. The molecular formula is C11H6Cl2F3N3. The zero-order chi connectivity index (χ0) is 14.0. The lowest BCUT2D eigenvalue weighted by Gasteiger charge is -2.11. The van der Waals surface area contributed by atoms with Gasteiger partial charge in [0.2, 0.25) is 0 Å². The van der Waals surface area contributed by atoms with E-state index in [4.69, 9.17) is 23.2 Å². The van der Waals surface area contributed by atoms with Crippen molar-refractivity contribution in [2.75, 3.05) is 0 Å². The first kappa shape index (κ1) is 14.0. The van der Waals surface area contributed by atoms with E-state index in [9.17, 15) is 13.2 Å². The molecular weight excluding hydrogens is 302 g/mol. The Morgan fingerprint density at radius 2 is 1.95 bits per heavy atom. The number of hydrogen-bond acceptors (Lipinski definition) is 3. The predicted molar refractivity (Wildman–Crippen MR) is 64.8 cm³/mol. The first-order valence-corrected chi connectivity index (χ1v) is 5.94. The molecule has 8 heteroatoms. The van der Waals surface area contributed by atoms with Gasteiger partial charge in [-0.1, -0.05) is 11.6 Å². The summed E-state index contributed by atoms with van der Waals surface area (Å²) in [6.07, 6.45) is -2.18. The fraction of sp³-hybridized carbons (Fsp3) is 0.182. The van der Waals surface area contributed by atoms with Crippen LogP contribution in [0.15, 0.2) is 24.5 Å². The molecule has 0 bridgehead atoms. The number of pyridine rings is 1. The molecule has 0 aliphatic carbocycles. The number of rotatable bonds is 2. The molecule has 0 aliphatic heterocycles. The molecule has 19 heavy (non-hydrogen) atoms. The first-order chi connectivity index (χ1) is 8.93. The molecule has 3 nitrogen and oxygen atoms in total. The van der Waals surface area contributed by atoms with Crippen LogP contribution < -0.4 is 0 Å². The van der Waals surface area contributed by atoms with E-state index in [1.807, 2.05) is 0 Å². The van der Waals surface area contributed by atoms with Crippen LogP contribution in [0, 0.1) is 0 Å². The van der Waals surface area contributed by atoms with E-state index in [1.54, 1.807) is 6.07 Å². The molecule has 0 amide bonds. The molecule has 0 aromatic carbocycles. The number of alkyl halides is 4. The van der Waals surface area contributed by atoms with E-state index in [1.165, 1.54) is 12.3 Å². The second-order valence-corrected chi connectivity index (χ2v) is 4.21. The zero-order valence-electron chi connectivity index (χ0n) is 9.25. The second kappa shape index (κ2) is 5.30. The minimum Gasteiger partial charge on any atom is -0.251 e. The first-order valence-electron chi connectivity index (χ1n) is 5.03. The molecule has 2 aromatic rings. The molecule has 2 rings (SSSR count). The van der Waals surface area contributed by atoms with Crippen LogP contribution >= 0.6 is 23.2 Å². The van der Waals surface area contributed by atoms with Gasteiger partial charge in [-0.25, -0.2) is 9.97 Å². The summed E-state index contributed by atoms with van der Waals surface area (Å²) in [5, 5.41) is 0.175. The average Bonchev–Trinajstić information content (AvgIpc) is 2.37. The molecule has 0 atom stereocenters. The number of aromatic nitrogens is 3.